The maximum absolute atomic E-state index is 11.4. The number of aromatic nitrogens is 3. The van der Waals surface area contributed by atoms with E-state index in [0.717, 1.165) is 16.8 Å². The molecule has 0 aliphatic heterocycles. The van der Waals surface area contributed by atoms with E-state index in [1.165, 1.54) is 6.33 Å². The Labute approximate surface area is 115 Å². The number of primary amides is 1. The molecule has 1 aromatic carbocycles. The van der Waals surface area contributed by atoms with E-state index in [4.69, 9.17) is 11.5 Å². The Hall–Kier alpha value is -2.73. The van der Waals surface area contributed by atoms with Crippen molar-refractivity contribution in [2.75, 3.05) is 0 Å². The van der Waals surface area contributed by atoms with Crippen LogP contribution in [0.15, 0.2) is 42.7 Å². The minimum atomic E-state index is -0.520. The van der Waals surface area contributed by atoms with Gasteiger partial charge in [0.1, 0.15) is 6.33 Å². The van der Waals surface area contributed by atoms with Crippen molar-refractivity contribution in [2.45, 2.75) is 6.54 Å². The maximum atomic E-state index is 11.4. The molecule has 3 rings (SSSR count). The van der Waals surface area contributed by atoms with E-state index in [1.807, 2.05) is 24.3 Å². The fourth-order valence-corrected chi connectivity index (χ4v) is 2.13. The average molecular weight is 267 g/mol. The van der Waals surface area contributed by atoms with E-state index in [1.54, 1.807) is 16.6 Å². The van der Waals surface area contributed by atoms with Crippen LogP contribution < -0.4 is 11.5 Å². The van der Waals surface area contributed by atoms with Crippen molar-refractivity contribution in [3.8, 4) is 11.3 Å². The number of carbonyl (C=O) groups is 1. The standard InChI is InChI=1S/C14H13N5O/c15-7-9-1-3-10(4-2-9)12-6-5-11(13(16)20)14-17-8-18-19(12)14/h1-6,8H,7,15H2,(H2,16,20). The summed E-state index contributed by atoms with van der Waals surface area (Å²) >= 11 is 0. The molecule has 2 heterocycles. The number of hydrogen-bond acceptors (Lipinski definition) is 4. The molecule has 0 radical (unpaired) electrons. The van der Waals surface area contributed by atoms with Gasteiger partial charge in [0.05, 0.1) is 11.3 Å². The quantitative estimate of drug-likeness (QED) is 0.738. The van der Waals surface area contributed by atoms with Crippen LogP contribution in [0.3, 0.4) is 0 Å². The predicted octanol–water partition coefficient (Wildman–Crippen LogP) is 0.954. The Morgan fingerprint density at radius 3 is 2.55 bits per heavy atom. The molecule has 0 fully saturated rings. The highest BCUT2D eigenvalue weighted by molar-refractivity contribution is 5.99. The number of nitrogens with zero attached hydrogens (tertiary/aromatic N) is 3. The molecule has 6 nitrogen and oxygen atoms in total. The summed E-state index contributed by atoms with van der Waals surface area (Å²) in [7, 11) is 0. The molecule has 0 saturated carbocycles. The van der Waals surface area contributed by atoms with Gasteiger partial charge >= 0.3 is 0 Å². The van der Waals surface area contributed by atoms with E-state index < -0.39 is 5.91 Å². The van der Waals surface area contributed by atoms with Crippen LogP contribution in [0.1, 0.15) is 15.9 Å². The van der Waals surface area contributed by atoms with Crippen LogP contribution in [-0.2, 0) is 6.54 Å². The smallest absolute Gasteiger partial charge is 0.252 e. The fourth-order valence-electron chi connectivity index (χ4n) is 2.13. The van der Waals surface area contributed by atoms with Crippen LogP contribution in [0.2, 0.25) is 0 Å². The lowest BCUT2D eigenvalue weighted by Crippen LogP contribution is -2.13. The van der Waals surface area contributed by atoms with Gasteiger partial charge in [-0.05, 0) is 17.7 Å². The highest BCUT2D eigenvalue weighted by Crippen LogP contribution is 2.22. The first-order valence-corrected chi connectivity index (χ1v) is 6.12. The first-order chi connectivity index (χ1) is 9.70. The minimum Gasteiger partial charge on any atom is -0.365 e. The Kier molecular flexibility index (Phi) is 2.92. The zero-order chi connectivity index (χ0) is 14.1. The summed E-state index contributed by atoms with van der Waals surface area (Å²) in [6, 6.07) is 11.3. The normalized spacial score (nSPS) is 10.8. The van der Waals surface area contributed by atoms with Crippen molar-refractivity contribution < 1.29 is 4.79 Å². The molecule has 1 amide bonds. The predicted molar refractivity (Wildman–Crippen MR) is 74.8 cm³/mol. The third-order valence-electron chi connectivity index (χ3n) is 3.18. The Bertz CT molecular complexity index is 776. The second-order valence-electron chi connectivity index (χ2n) is 4.39. The summed E-state index contributed by atoms with van der Waals surface area (Å²) in [5, 5.41) is 4.15. The topological polar surface area (TPSA) is 99.3 Å². The molecule has 0 aliphatic rings. The number of amides is 1. The van der Waals surface area contributed by atoms with Gasteiger partial charge in [0.25, 0.3) is 5.91 Å². The van der Waals surface area contributed by atoms with Crippen molar-refractivity contribution >= 4 is 11.6 Å². The zero-order valence-corrected chi connectivity index (χ0v) is 10.7. The molecule has 0 spiro atoms. The van der Waals surface area contributed by atoms with Crippen molar-refractivity contribution in [1.82, 2.24) is 14.6 Å². The second kappa shape index (κ2) is 4.75. The van der Waals surface area contributed by atoms with E-state index in [9.17, 15) is 4.79 Å². The summed E-state index contributed by atoms with van der Waals surface area (Å²) in [5.74, 6) is -0.520. The average Bonchev–Trinajstić information content (AvgIpc) is 2.95. The Morgan fingerprint density at radius 1 is 1.15 bits per heavy atom. The highest BCUT2D eigenvalue weighted by Gasteiger charge is 2.12. The SMILES string of the molecule is NCc1ccc(-c2ccc(C(N)=O)c3ncnn23)cc1. The maximum Gasteiger partial charge on any atom is 0.252 e. The fraction of sp³-hybridized carbons (Fsp3) is 0.0714. The lowest BCUT2D eigenvalue weighted by atomic mass is 10.1. The molecule has 3 aromatic rings. The van der Waals surface area contributed by atoms with E-state index in [0.29, 0.717) is 17.8 Å². The molecule has 4 N–H and O–H groups in total. The lowest BCUT2D eigenvalue weighted by molar-refractivity contribution is 0.100. The third kappa shape index (κ3) is 1.92. The second-order valence-corrected chi connectivity index (χ2v) is 4.39. The number of nitrogens with two attached hydrogens (primary N) is 2. The van der Waals surface area contributed by atoms with Gasteiger partial charge in [-0.2, -0.15) is 5.10 Å². The van der Waals surface area contributed by atoms with Gasteiger partial charge in [-0.15, -0.1) is 0 Å². The Morgan fingerprint density at radius 2 is 1.90 bits per heavy atom. The number of pyridine rings is 1. The largest absolute Gasteiger partial charge is 0.365 e. The van der Waals surface area contributed by atoms with Crippen molar-refractivity contribution in [3.05, 3.63) is 53.9 Å². The van der Waals surface area contributed by atoms with Gasteiger partial charge in [-0.25, -0.2) is 9.50 Å². The number of fused-ring (bicyclic) bond motifs is 1. The van der Waals surface area contributed by atoms with Gasteiger partial charge in [0.15, 0.2) is 5.65 Å². The summed E-state index contributed by atoms with van der Waals surface area (Å²) in [5.41, 5.74) is 14.6. The third-order valence-corrected chi connectivity index (χ3v) is 3.18. The molecule has 0 atom stereocenters. The van der Waals surface area contributed by atoms with Crippen molar-refractivity contribution in [2.24, 2.45) is 11.5 Å². The van der Waals surface area contributed by atoms with Gasteiger partial charge < -0.3 is 11.5 Å². The first kappa shape index (κ1) is 12.3. The number of carbonyl (C=O) groups excluding carboxylic acids is 1. The molecular weight excluding hydrogens is 254 g/mol. The summed E-state index contributed by atoms with van der Waals surface area (Å²) in [6.45, 7) is 0.500. The van der Waals surface area contributed by atoms with E-state index >= 15 is 0 Å². The van der Waals surface area contributed by atoms with Crippen LogP contribution in [-0.4, -0.2) is 20.5 Å². The molecule has 0 saturated heterocycles. The highest BCUT2D eigenvalue weighted by atomic mass is 16.1. The van der Waals surface area contributed by atoms with Crippen LogP contribution >= 0.6 is 0 Å². The summed E-state index contributed by atoms with van der Waals surface area (Å²) in [6.07, 6.45) is 1.40. The van der Waals surface area contributed by atoms with Gasteiger partial charge in [0, 0.05) is 12.1 Å². The van der Waals surface area contributed by atoms with Crippen LogP contribution in [0, 0.1) is 0 Å². The van der Waals surface area contributed by atoms with E-state index in [-0.39, 0.29) is 0 Å². The van der Waals surface area contributed by atoms with Crippen LogP contribution in [0.4, 0.5) is 0 Å². The summed E-state index contributed by atoms with van der Waals surface area (Å²) < 4.78 is 1.61. The van der Waals surface area contributed by atoms with Crippen LogP contribution in [0.5, 0.6) is 0 Å². The number of benzene rings is 1. The summed E-state index contributed by atoms with van der Waals surface area (Å²) in [4.78, 5) is 15.5. The molecule has 2 aromatic heterocycles. The van der Waals surface area contributed by atoms with Crippen LogP contribution in [0.25, 0.3) is 16.9 Å². The monoisotopic (exact) mass is 267 g/mol. The molecule has 0 aliphatic carbocycles. The molecule has 0 bridgehead atoms. The van der Waals surface area contributed by atoms with Crippen molar-refractivity contribution in [3.63, 3.8) is 0 Å². The van der Waals surface area contributed by atoms with Gasteiger partial charge in [-0.3, -0.25) is 4.79 Å². The number of rotatable bonds is 3. The molecule has 0 unspecified atom stereocenters. The van der Waals surface area contributed by atoms with Crippen molar-refractivity contribution in [1.29, 1.82) is 0 Å². The molecule has 6 heteroatoms. The minimum absolute atomic E-state index is 0.352. The number of hydrogen-bond donors (Lipinski definition) is 2. The first-order valence-electron chi connectivity index (χ1n) is 6.12. The van der Waals surface area contributed by atoms with E-state index in [2.05, 4.69) is 10.1 Å². The zero-order valence-electron chi connectivity index (χ0n) is 10.7. The van der Waals surface area contributed by atoms with Gasteiger partial charge in [-0.1, -0.05) is 24.3 Å². The molecule has 100 valence electrons. The van der Waals surface area contributed by atoms with Gasteiger partial charge in [0.2, 0.25) is 0 Å². The lowest BCUT2D eigenvalue weighted by Gasteiger charge is -2.07. The Balaban J connectivity index is 2.19. The molecule has 20 heavy (non-hydrogen) atoms. The molecular formula is C14H13N5O.